The summed E-state index contributed by atoms with van der Waals surface area (Å²) < 4.78 is 2.01. The Labute approximate surface area is 130 Å². The van der Waals surface area contributed by atoms with Crippen molar-refractivity contribution in [1.29, 1.82) is 0 Å². The van der Waals surface area contributed by atoms with Gasteiger partial charge in [0.25, 0.3) is 0 Å². The molecule has 22 heavy (non-hydrogen) atoms. The average molecular weight is 300 g/mol. The monoisotopic (exact) mass is 300 g/mol. The number of nitrogens with zero attached hydrogens (tertiary/aromatic N) is 4. The van der Waals surface area contributed by atoms with Crippen LogP contribution in [0.25, 0.3) is 5.65 Å². The second-order valence-corrected chi connectivity index (χ2v) is 6.83. The van der Waals surface area contributed by atoms with Gasteiger partial charge in [-0.1, -0.05) is 13.8 Å². The van der Waals surface area contributed by atoms with Gasteiger partial charge in [0.2, 0.25) is 0 Å². The molecule has 3 heterocycles. The lowest BCUT2D eigenvalue weighted by molar-refractivity contribution is 0.478. The van der Waals surface area contributed by atoms with Crippen molar-refractivity contribution < 1.29 is 0 Å². The van der Waals surface area contributed by atoms with Gasteiger partial charge in [0.1, 0.15) is 0 Å². The molecule has 1 aliphatic heterocycles. The number of imidazole rings is 1. The van der Waals surface area contributed by atoms with E-state index in [2.05, 4.69) is 29.5 Å². The fourth-order valence-electron chi connectivity index (χ4n) is 3.08. The molecule has 0 radical (unpaired) electrons. The molecule has 118 valence electrons. The topological polar surface area (TPSA) is 67.1 Å². The molecule has 0 amide bonds. The smallest absolute Gasteiger partial charge is 0.197 e. The highest BCUT2D eigenvalue weighted by molar-refractivity contribution is 5.63. The molecule has 1 saturated carbocycles. The van der Waals surface area contributed by atoms with E-state index in [0.717, 1.165) is 48.9 Å². The molecule has 2 fully saturated rings. The van der Waals surface area contributed by atoms with Crippen LogP contribution in [-0.4, -0.2) is 38.7 Å². The van der Waals surface area contributed by atoms with Crippen molar-refractivity contribution in [2.24, 2.45) is 0 Å². The molecule has 2 aromatic heterocycles. The fourth-order valence-corrected chi connectivity index (χ4v) is 3.08. The van der Waals surface area contributed by atoms with E-state index in [1.165, 1.54) is 12.8 Å². The first-order valence-corrected chi connectivity index (χ1v) is 8.45. The van der Waals surface area contributed by atoms with Crippen LogP contribution >= 0.6 is 0 Å². The highest BCUT2D eigenvalue weighted by atomic mass is 15.3. The van der Waals surface area contributed by atoms with Crippen LogP contribution < -0.4 is 10.6 Å². The SMILES string of the molecule is CC(C)c1cnc2c(NC3CCNCC3)nc(C3CC3)nn12. The molecule has 0 unspecified atom stereocenters. The Bertz CT molecular complexity index is 667. The van der Waals surface area contributed by atoms with E-state index >= 15 is 0 Å². The quantitative estimate of drug-likeness (QED) is 0.907. The summed E-state index contributed by atoms with van der Waals surface area (Å²) in [6.45, 7) is 6.50. The average Bonchev–Trinajstić information content (AvgIpc) is 3.27. The van der Waals surface area contributed by atoms with Crippen LogP contribution in [0.4, 0.5) is 5.82 Å². The summed E-state index contributed by atoms with van der Waals surface area (Å²) in [7, 11) is 0. The molecule has 2 aromatic rings. The van der Waals surface area contributed by atoms with Gasteiger partial charge in [-0.3, -0.25) is 0 Å². The number of piperidine rings is 1. The van der Waals surface area contributed by atoms with E-state index in [-0.39, 0.29) is 0 Å². The Hall–Kier alpha value is -1.69. The van der Waals surface area contributed by atoms with Gasteiger partial charge in [-0.25, -0.2) is 14.5 Å². The van der Waals surface area contributed by atoms with Crippen molar-refractivity contribution in [3.05, 3.63) is 17.7 Å². The van der Waals surface area contributed by atoms with Crippen LogP contribution in [0.3, 0.4) is 0 Å². The van der Waals surface area contributed by atoms with Crippen LogP contribution in [0.1, 0.15) is 62.9 Å². The van der Waals surface area contributed by atoms with Crippen molar-refractivity contribution in [1.82, 2.24) is 24.9 Å². The maximum atomic E-state index is 4.80. The zero-order chi connectivity index (χ0) is 15.1. The summed E-state index contributed by atoms with van der Waals surface area (Å²) in [6, 6.07) is 0.478. The fraction of sp³-hybridized carbons (Fsp3) is 0.688. The summed E-state index contributed by atoms with van der Waals surface area (Å²) in [4.78, 5) is 9.39. The molecule has 1 saturated heterocycles. The zero-order valence-corrected chi connectivity index (χ0v) is 13.3. The van der Waals surface area contributed by atoms with E-state index in [9.17, 15) is 0 Å². The maximum Gasteiger partial charge on any atom is 0.197 e. The van der Waals surface area contributed by atoms with Crippen LogP contribution in [0.5, 0.6) is 0 Å². The Balaban J connectivity index is 1.74. The minimum atomic E-state index is 0.406. The van der Waals surface area contributed by atoms with Crippen LogP contribution in [0.2, 0.25) is 0 Å². The zero-order valence-electron chi connectivity index (χ0n) is 13.3. The number of hydrogen-bond donors (Lipinski definition) is 2. The third kappa shape index (κ3) is 2.56. The van der Waals surface area contributed by atoms with Gasteiger partial charge in [0, 0.05) is 12.0 Å². The largest absolute Gasteiger partial charge is 0.364 e. The van der Waals surface area contributed by atoms with Crippen molar-refractivity contribution in [3.8, 4) is 0 Å². The standard InChI is InChI=1S/C16H24N6/c1-10(2)13-9-18-16-15(19-12-5-7-17-8-6-12)20-14(11-3-4-11)21-22(13)16/h9-12,17H,3-8H2,1-2H3,(H,19,20,21). The Kier molecular flexibility index (Phi) is 3.48. The van der Waals surface area contributed by atoms with Gasteiger partial charge < -0.3 is 10.6 Å². The third-order valence-corrected chi connectivity index (χ3v) is 4.62. The summed E-state index contributed by atoms with van der Waals surface area (Å²) in [5.41, 5.74) is 2.03. The molecule has 0 aromatic carbocycles. The van der Waals surface area contributed by atoms with Crippen LogP contribution in [0, 0.1) is 0 Å². The lowest BCUT2D eigenvalue weighted by Crippen LogP contribution is -2.35. The molecular formula is C16H24N6. The highest BCUT2D eigenvalue weighted by Crippen LogP contribution is 2.38. The summed E-state index contributed by atoms with van der Waals surface area (Å²) in [6.07, 6.45) is 6.63. The predicted octanol–water partition coefficient (Wildman–Crippen LogP) is 2.29. The molecule has 0 spiro atoms. The van der Waals surface area contributed by atoms with E-state index in [0.29, 0.717) is 17.9 Å². The van der Waals surface area contributed by atoms with Crippen molar-refractivity contribution in [2.75, 3.05) is 18.4 Å². The number of anilines is 1. The summed E-state index contributed by atoms with van der Waals surface area (Å²) in [5, 5.41) is 11.8. The van der Waals surface area contributed by atoms with Crippen molar-refractivity contribution >= 4 is 11.5 Å². The predicted molar refractivity (Wildman–Crippen MR) is 86.4 cm³/mol. The first-order chi connectivity index (χ1) is 10.7. The number of hydrogen-bond acceptors (Lipinski definition) is 5. The molecule has 2 N–H and O–H groups in total. The van der Waals surface area contributed by atoms with E-state index in [1.807, 2.05) is 10.7 Å². The highest BCUT2D eigenvalue weighted by Gasteiger charge is 2.29. The molecule has 1 aliphatic carbocycles. The van der Waals surface area contributed by atoms with Crippen molar-refractivity contribution in [2.45, 2.75) is 57.4 Å². The van der Waals surface area contributed by atoms with Gasteiger partial charge in [-0.15, -0.1) is 0 Å². The first-order valence-electron chi connectivity index (χ1n) is 8.45. The second kappa shape index (κ2) is 5.50. The molecule has 2 aliphatic rings. The van der Waals surface area contributed by atoms with Gasteiger partial charge in [0.15, 0.2) is 17.3 Å². The van der Waals surface area contributed by atoms with Gasteiger partial charge in [-0.05, 0) is 44.7 Å². The molecule has 0 atom stereocenters. The summed E-state index contributed by atoms with van der Waals surface area (Å²) in [5.74, 6) is 2.84. The minimum absolute atomic E-state index is 0.406. The number of fused-ring (bicyclic) bond motifs is 1. The minimum Gasteiger partial charge on any atom is -0.364 e. The molecule has 4 rings (SSSR count). The van der Waals surface area contributed by atoms with Gasteiger partial charge >= 0.3 is 0 Å². The Morgan fingerprint density at radius 2 is 2.00 bits per heavy atom. The van der Waals surface area contributed by atoms with Crippen molar-refractivity contribution in [3.63, 3.8) is 0 Å². The van der Waals surface area contributed by atoms with Crippen LogP contribution in [0.15, 0.2) is 6.20 Å². The molecular weight excluding hydrogens is 276 g/mol. The van der Waals surface area contributed by atoms with E-state index in [4.69, 9.17) is 10.1 Å². The lowest BCUT2D eigenvalue weighted by Gasteiger charge is -2.24. The first kappa shape index (κ1) is 13.9. The molecule has 6 nitrogen and oxygen atoms in total. The van der Waals surface area contributed by atoms with Gasteiger partial charge in [0.05, 0.1) is 11.9 Å². The Morgan fingerprint density at radius 1 is 1.23 bits per heavy atom. The third-order valence-electron chi connectivity index (χ3n) is 4.62. The lowest BCUT2D eigenvalue weighted by atomic mass is 10.1. The van der Waals surface area contributed by atoms with Gasteiger partial charge in [-0.2, -0.15) is 5.10 Å². The summed E-state index contributed by atoms with van der Waals surface area (Å²) >= 11 is 0. The second-order valence-electron chi connectivity index (χ2n) is 6.83. The molecule has 6 heteroatoms. The maximum absolute atomic E-state index is 4.80. The number of aromatic nitrogens is 4. The van der Waals surface area contributed by atoms with E-state index < -0.39 is 0 Å². The normalized spacial score (nSPS) is 20.0. The van der Waals surface area contributed by atoms with E-state index in [1.54, 1.807) is 0 Å². The number of rotatable bonds is 4. The Morgan fingerprint density at radius 3 is 2.68 bits per heavy atom. The number of nitrogens with one attached hydrogen (secondary N) is 2. The molecule has 0 bridgehead atoms. The van der Waals surface area contributed by atoms with Crippen LogP contribution in [-0.2, 0) is 0 Å².